The van der Waals surface area contributed by atoms with Gasteiger partial charge in [-0.2, -0.15) is 5.10 Å². The Bertz CT molecular complexity index is 627. The molecule has 2 aromatic rings. The number of carbonyl (C=O) groups excluding carboxylic acids is 1. The fourth-order valence-electron chi connectivity index (χ4n) is 1.82. The number of rotatable bonds is 4. The molecule has 0 atom stereocenters. The second-order valence-corrected chi connectivity index (χ2v) is 4.26. The van der Waals surface area contributed by atoms with Crippen LogP contribution in [0.5, 0.6) is 5.75 Å². The Morgan fingerprint density at radius 3 is 2.79 bits per heavy atom. The number of ketones is 1. The van der Waals surface area contributed by atoms with Gasteiger partial charge in [-0.25, -0.2) is 0 Å². The molecule has 0 spiro atoms. The summed E-state index contributed by atoms with van der Waals surface area (Å²) in [6.07, 6.45) is 3.31. The van der Waals surface area contributed by atoms with E-state index in [1.165, 1.54) is 0 Å². The van der Waals surface area contributed by atoms with Gasteiger partial charge in [0.2, 0.25) is 0 Å². The second kappa shape index (κ2) is 5.52. The first-order valence-electron chi connectivity index (χ1n) is 5.97. The number of carbonyl (C=O) groups is 1. The molecule has 0 aliphatic heterocycles. The van der Waals surface area contributed by atoms with Crippen molar-refractivity contribution in [1.82, 2.24) is 9.78 Å². The van der Waals surface area contributed by atoms with E-state index in [2.05, 4.69) is 5.10 Å². The molecule has 0 fully saturated rings. The summed E-state index contributed by atoms with van der Waals surface area (Å²) in [5.74, 6) is 0.619. The number of hydrogen-bond donors (Lipinski definition) is 0. The molecule has 4 heteroatoms. The average Bonchev–Trinajstić information content (AvgIpc) is 2.74. The number of aryl methyl sites for hydroxylation is 2. The number of benzene rings is 1. The zero-order valence-electron chi connectivity index (χ0n) is 11.3. The van der Waals surface area contributed by atoms with Crippen molar-refractivity contribution in [2.45, 2.75) is 6.92 Å². The number of methoxy groups -OCH3 is 1. The van der Waals surface area contributed by atoms with Crippen LogP contribution in [0, 0.1) is 6.92 Å². The van der Waals surface area contributed by atoms with Crippen molar-refractivity contribution >= 4 is 11.9 Å². The van der Waals surface area contributed by atoms with Crippen molar-refractivity contribution in [2.24, 2.45) is 7.05 Å². The van der Waals surface area contributed by atoms with Crippen LogP contribution in [-0.2, 0) is 7.05 Å². The highest BCUT2D eigenvalue weighted by atomic mass is 16.5. The Balaban J connectivity index is 2.18. The zero-order chi connectivity index (χ0) is 13.8. The molecule has 0 saturated heterocycles. The fourth-order valence-corrected chi connectivity index (χ4v) is 1.82. The molecule has 1 aromatic carbocycles. The molecular formula is C15H16N2O2. The molecule has 0 bridgehead atoms. The molecule has 19 heavy (non-hydrogen) atoms. The Morgan fingerprint density at radius 1 is 1.37 bits per heavy atom. The highest BCUT2D eigenvalue weighted by Gasteiger charge is 2.04. The minimum absolute atomic E-state index is 0.0576. The summed E-state index contributed by atoms with van der Waals surface area (Å²) in [6, 6.07) is 9.03. The number of allylic oxidation sites excluding steroid dienone is 1. The van der Waals surface area contributed by atoms with Crippen molar-refractivity contribution in [2.75, 3.05) is 7.11 Å². The first-order valence-corrected chi connectivity index (χ1v) is 5.97. The lowest BCUT2D eigenvalue weighted by Crippen LogP contribution is -1.96. The monoisotopic (exact) mass is 256 g/mol. The van der Waals surface area contributed by atoms with Crippen LogP contribution in [0.4, 0.5) is 0 Å². The second-order valence-electron chi connectivity index (χ2n) is 4.26. The molecule has 0 amide bonds. The first kappa shape index (κ1) is 13.1. The normalized spacial score (nSPS) is 10.9. The summed E-state index contributed by atoms with van der Waals surface area (Å²) in [7, 11) is 3.43. The molecule has 0 N–H and O–H groups in total. The molecule has 0 aliphatic rings. The minimum Gasteiger partial charge on any atom is -0.497 e. The molecule has 0 unspecified atom stereocenters. The molecule has 1 heterocycles. The van der Waals surface area contributed by atoms with Crippen molar-refractivity contribution in [1.29, 1.82) is 0 Å². The van der Waals surface area contributed by atoms with Gasteiger partial charge in [0.15, 0.2) is 5.78 Å². The fraction of sp³-hybridized carbons (Fsp3) is 0.200. The third-order valence-corrected chi connectivity index (χ3v) is 2.80. The van der Waals surface area contributed by atoms with E-state index < -0.39 is 0 Å². The summed E-state index contributed by atoms with van der Waals surface area (Å²) in [6.45, 7) is 1.92. The summed E-state index contributed by atoms with van der Waals surface area (Å²) >= 11 is 0. The molecule has 0 radical (unpaired) electrons. The van der Waals surface area contributed by atoms with Crippen LogP contribution in [0.1, 0.15) is 21.7 Å². The molecular weight excluding hydrogens is 240 g/mol. The van der Waals surface area contributed by atoms with Gasteiger partial charge in [-0.15, -0.1) is 0 Å². The maximum Gasteiger partial charge on any atom is 0.186 e. The van der Waals surface area contributed by atoms with Gasteiger partial charge in [0.1, 0.15) is 5.75 Å². The highest BCUT2D eigenvalue weighted by Crippen LogP contribution is 2.14. The van der Waals surface area contributed by atoms with Crippen LogP contribution in [0.15, 0.2) is 36.4 Å². The van der Waals surface area contributed by atoms with E-state index in [-0.39, 0.29) is 5.78 Å². The van der Waals surface area contributed by atoms with E-state index in [4.69, 9.17) is 4.74 Å². The van der Waals surface area contributed by atoms with Crippen LogP contribution >= 0.6 is 0 Å². The Labute approximate surface area is 112 Å². The molecule has 98 valence electrons. The van der Waals surface area contributed by atoms with E-state index in [1.807, 2.05) is 26.1 Å². The van der Waals surface area contributed by atoms with E-state index in [1.54, 1.807) is 42.1 Å². The lowest BCUT2D eigenvalue weighted by atomic mass is 10.1. The molecule has 4 nitrogen and oxygen atoms in total. The highest BCUT2D eigenvalue weighted by molar-refractivity contribution is 6.06. The van der Waals surface area contributed by atoms with Gasteiger partial charge in [0.25, 0.3) is 0 Å². The smallest absolute Gasteiger partial charge is 0.186 e. The Hall–Kier alpha value is -2.36. The van der Waals surface area contributed by atoms with Crippen molar-refractivity contribution in [3.8, 4) is 5.75 Å². The largest absolute Gasteiger partial charge is 0.497 e. The summed E-state index contributed by atoms with van der Waals surface area (Å²) in [5, 5.41) is 4.22. The number of aromatic nitrogens is 2. The standard InChI is InChI=1S/C15H16N2O2/c1-11-9-13(17(2)16-11)7-8-15(18)12-5-4-6-14(10-12)19-3/h4-10H,1-3H3/b8-7+. The lowest BCUT2D eigenvalue weighted by Gasteiger charge is -2.01. The van der Waals surface area contributed by atoms with Gasteiger partial charge in [-0.05, 0) is 37.3 Å². The predicted molar refractivity (Wildman–Crippen MR) is 74.3 cm³/mol. The van der Waals surface area contributed by atoms with Gasteiger partial charge >= 0.3 is 0 Å². The Kier molecular flexibility index (Phi) is 3.80. The SMILES string of the molecule is COc1cccc(C(=O)/C=C/c2cc(C)nn2C)c1. The van der Waals surface area contributed by atoms with E-state index in [9.17, 15) is 4.79 Å². The van der Waals surface area contributed by atoms with Crippen LogP contribution in [0.2, 0.25) is 0 Å². The lowest BCUT2D eigenvalue weighted by molar-refractivity contribution is 0.104. The molecule has 0 saturated carbocycles. The summed E-state index contributed by atoms with van der Waals surface area (Å²) in [4.78, 5) is 12.0. The maximum atomic E-state index is 12.0. The van der Waals surface area contributed by atoms with Crippen LogP contribution < -0.4 is 4.74 Å². The van der Waals surface area contributed by atoms with Gasteiger partial charge in [-0.1, -0.05) is 12.1 Å². The number of hydrogen-bond acceptors (Lipinski definition) is 3. The van der Waals surface area contributed by atoms with Crippen LogP contribution in [-0.4, -0.2) is 22.7 Å². The van der Waals surface area contributed by atoms with Crippen LogP contribution in [0.3, 0.4) is 0 Å². The first-order chi connectivity index (χ1) is 9.10. The minimum atomic E-state index is -0.0576. The molecule has 2 rings (SSSR count). The van der Waals surface area contributed by atoms with E-state index in [0.717, 1.165) is 11.4 Å². The summed E-state index contributed by atoms with van der Waals surface area (Å²) < 4.78 is 6.84. The van der Waals surface area contributed by atoms with Crippen molar-refractivity contribution in [3.63, 3.8) is 0 Å². The predicted octanol–water partition coefficient (Wildman–Crippen LogP) is 2.63. The summed E-state index contributed by atoms with van der Waals surface area (Å²) in [5.41, 5.74) is 2.43. The quantitative estimate of drug-likeness (QED) is 0.624. The third kappa shape index (κ3) is 3.10. The number of nitrogens with zero attached hydrogens (tertiary/aromatic N) is 2. The van der Waals surface area contributed by atoms with Crippen LogP contribution in [0.25, 0.3) is 6.08 Å². The van der Waals surface area contributed by atoms with Crippen molar-refractivity contribution < 1.29 is 9.53 Å². The van der Waals surface area contributed by atoms with Crippen molar-refractivity contribution in [3.05, 3.63) is 53.4 Å². The topological polar surface area (TPSA) is 44.1 Å². The Morgan fingerprint density at radius 2 is 2.16 bits per heavy atom. The van der Waals surface area contributed by atoms with Gasteiger partial charge in [-0.3, -0.25) is 9.48 Å². The van der Waals surface area contributed by atoms with Gasteiger partial charge in [0.05, 0.1) is 18.5 Å². The zero-order valence-corrected chi connectivity index (χ0v) is 11.3. The van der Waals surface area contributed by atoms with E-state index in [0.29, 0.717) is 11.3 Å². The maximum absolute atomic E-state index is 12.0. The molecule has 0 aliphatic carbocycles. The molecule has 1 aromatic heterocycles. The van der Waals surface area contributed by atoms with E-state index >= 15 is 0 Å². The van der Waals surface area contributed by atoms with Gasteiger partial charge < -0.3 is 4.74 Å². The average molecular weight is 256 g/mol. The van der Waals surface area contributed by atoms with Gasteiger partial charge in [0, 0.05) is 12.6 Å². The number of ether oxygens (including phenoxy) is 1. The third-order valence-electron chi connectivity index (χ3n) is 2.80.